The molecule has 1 fully saturated rings. The van der Waals surface area contributed by atoms with Gasteiger partial charge in [0.15, 0.2) is 5.78 Å². The molecule has 0 bridgehead atoms. The van der Waals surface area contributed by atoms with Crippen LogP contribution in [0.4, 0.5) is 17.3 Å². The van der Waals surface area contributed by atoms with Gasteiger partial charge in [-0.15, -0.1) is 0 Å². The van der Waals surface area contributed by atoms with Gasteiger partial charge in [-0.2, -0.15) is 0 Å². The number of anilines is 3. The van der Waals surface area contributed by atoms with Gasteiger partial charge in [0.1, 0.15) is 0 Å². The third-order valence-corrected chi connectivity index (χ3v) is 7.08. The molecule has 8 heteroatoms. The molecule has 1 N–H and O–H groups in total. The molecule has 2 aliphatic heterocycles. The van der Waals surface area contributed by atoms with Crippen molar-refractivity contribution in [2.75, 3.05) is 47.8 Å². The lowest BCUT2D eigenvalue weighted by Crippen LogP contribution is -2.53. The van der Waals surface area contributed by atoms with Gasteiger partial charge in [0.2, 0.25) is 11.9 Å². The van der Waals surface area contributed by atoms with Crippen LogP contribution in [0.25, 0.3) is 0 Å². The number of fused-ring (bicyclic) bond motifs is 1. The van der Waals surface area contributed by atoms with E-state index in [0.717, 1.165) is 29.1 Å². The molecule has 34 heavy (non-hydrogen) atoms. The number of carbonyl (C=O) groups is 2. The van der Waals surface area contributed by atoms with E-state index >= 15 is 0 Å². The van der Waals surface area contributed by atoms with Crippen molar-refractivity contribution >= 4 is 29.0 Å². The first-order chi connectivity index (χ1) is 16.3. The highest BCUT2D eigenvalue weighted by atomic mass is 16.2. The topological polar surface area (TPSA) is 81.7 Å². The number of nitrogens with zero attached hydrogens (tertiary/aromatic N) is 5. The van der Waals surface area contributed by atoms with Gasteiger partial charge in [-0.1, -0.05) is 26.0 Å². The SMILES string of the molecule is CC1C2=C(CC(C)(C)CC2=O)Nc2ccccc2N1CC(=O)N1CCN(c2ncccn2)CC1. The highest BCUT2D eigenvalue weighted by molar-refractivity contribution is 6.01. The molecule has 2 aromatic rings. The number of para-hydroxylation sites is 2. The summed E-state index contributed by atoms with van der Waals surface area (Å²) in [6, 6.07) is 9.66. The van der Waals surface area contributed by atoms with Crippen LogP contribution in [0.1, 0.15) is 33.6 Å². The zero-order valence-corrected chi connectivity index (χ0v) is 20.1. The summed E-state index contributed by atoms with van der Waals surface area (Å²) in [5.41, 5.74) is 3.63. The highest BCUT2D eigenvalue weighted by Crippen LogP contribution is 2.43. The summed E-state index contributed by atoms with van der Waals surface area (Å²) in [7, 11) is 0. The fraction of sp³-hybridized carbons (Fsp3) is 0.462. The lowest BCUT2D eigenvalue weighted by molar-refractivity contribution is -0.130. The smallest absolute Gasteiger partial charge is 0.242 e. The number of hydrogen-bond donors (Lipinski definition) is 1. The van der Waals surface area contributed by atoms with Crippen molar-refractivity contribution in [2.45, 2.75) is 39.7 Å². The zero-order valence-electron chi connectivity index (χ0n) is 20.1. The maximum absolute atomic E-state index is 13.4. The Bertz CT molecular complexity index is 1120. The van der Waals surface area contributed by atoms with Crippen LogP contribution >= 0.6 is 0 Å². The van der Waals surface area contributed by atoms with Gasteiger partial charge in [-0.3, -0.25) is 9.59 Å². The average Bonchev–Trinajstić information content (AvgIpc) is 2.93. The van der Waals surface area contributed by atoms with Crippen molar-refractivity contribution in [2.24, 2.45) is 5.41 Å². The van der Waals surface area contributed by atoms with E-state index in [1.165, 1.54) is 0 Å². The van der Waals surface area contributed by atoms with Gasteiger partial charge in [0.05, 0.1) is 24.0 Å². The van der Waals surface area contributed by atoms with E-state index in [0.29, 0.717) is 38.5 Å². The van der Waals surface area contributed by atoms with E-state index in [-0.39, 0.29) is 29.7 Å². The molecule has 1 amide bonds. The van der Waals surface area contributed by atoms with E-state index in [1.807, 2.05) is 36.1 Å². The first kappa shape index (κ1) is 22.4. The van der Waals surface area contributed by atoms with Crippen molar-refractivity contribution in [1.29, 1.82) is 0 Å². The summed E-state index contributed by atoms with van der Waals surface area (Å²) in [5, 5.41) is 3.56. The Morgan fingerprint density at radius 3 is 2.50 bits per heavy atom. The van der Waals surface area contributed by atoms with Crippen LogP contribution < -0.4 is 15.1 Å². The van der Waals surface area contributed by atoms with E-state index in [9.17, 15) is 9.59 Å². The molecule has 1 aromatic heterocycles. The number of amides is 1. The molecule has 3 aliphatic rings. The molecule has 1 unspecified atom stereocenters. The molecule has 1 aromatic carbocycles. The van der Waals surface area contributed by atoms with E-state index in [2.05, 4.69) is 38.9 Å². The standard InChI is InChI=1S/C26H32N6O2/c1-18-24-20(15-26(2,3)16-22(24)33)29-19-7-4-5-8-21(19)32(18)17-23(34)30-11-13-31(14-12-30)25-27-9-6-10-28-25/h4-10,18,29H,11-17H2,1-3H3. The summed E-state index contributed by atoms with van der Waals surface area (Å²) in [4.78, 5) is 41.4. The second-order valence-electron chi connectivity index (χ2n) is 10.2. The molecule has 1 atom stereocenters. The number of ketones is 1. The van der Waals surface area contributed by atoms with E-state index in [1.54, 1.807) is 18.5 Å². The number of nitrogens with one attached hydrogen (secondary N) is 1. The summed E-state index contributed by atoms with van der Waals surface area (Å²) in [5.74, 6) is 0.949. The minimum absolute atomic E-state index is 0.0721. The predicted octanol–water partition coefficient (Wildman–Crippen LogP) is 3.09. The molecule has 5 rings (SSSR count). The Labute approximate surface area is 200 Å². The van der Waals surface area contributed by atoms with Crippen molar-refractivity contribution in [3.63, 3.8) is 0 Å². The largest absolute Gasteiger partial charge is 0.357 e. The highest BCUT2D eigenvalue weighted by Gasteiger charge is 2.39. The number of hydrogen-bond acceptors (Lipinski definition) is 7. The van der Waals surface area contributed by atoms with Crippen molar-refractivity contribution in [1.82, 2.24) is 14.9 Å². The molecular weight excluding hydrogens is 428 g/mol. The fourth-order valence-electron chi connectivity index (χ4n) is 5.37. The van der Waals surface area contributed by atoms with Crippen LogP contribution in [-0.2, 0) is 9.59 Å². The van der Waals surface area contributed by atoms with Crippen molar-refractivity contribution < 1.29 is 9.59 Å². The Kier molecular flexibility index (Phi) is 5.75. The molecule has 0 saturated carbocycles. The maximum atomic E-state index is 13.4. The van der Waals surface area contributed by atoms with Gasteiger partial charge < -0.3 is 20.0 Å². The van der Waals surface area contributed by atoms with Gasteiger partial charge >= 0.3 is 0 Å². The lowest BCUT2D eigenvalue weighted by Gasteiger charge is -2.38. The molecule has 178 valence electrons. The Morgan fingerprint density at radius 1 is 1.06 bits per heavy atom. The third-order valence-electron chi connectivity index (χ3n) is 7.08. The molecular formula is C26H32N6O2. The van der Waals surface area contributed by atoms with Crippen LogP contribution in [0.5, 0.6) is 0 Å². The maximum Gasteiger partial charge on any atom is 0.242 e. The van der Waals surface area contributed by atoms with E-state index in [4.69, 9.17) is 0 Å². The quantitative estimate of drug-likeness (QED) is 0.754. The summed E-state index contributed by atoms with van der Waals surface area (Å²) in [6.45, 7) is 9.21. The zero-order chi connectivity index (χ0) is 23.9. The van der Waals surface area contributed by atoms with Crippen LogP contribution in [0.3, 0.4) is 0 Å². The van der Waals surface area contributed by atoms with Gasteiger partial charge in [-0.05, 0) is 37.0 Å². The second-order valence-corrected chi connectivity index (χ2v) is 10.2. The number of benzene rings is 1. The normalized spacial score (nSPS) is 22.0. The average molecular weight is 461 g/mol. The van der Waals surface area contributed by atoms with Crippen LogP contribution in [0.15, 0.2) is 54.0 Å². The minimum Gasteiger partial charge on any atom is -0.357 e. The molecule has 0 spiro atoms. The van der Waals surface area contributed by atoms with Gasteiger partial charge in [0, 0.05) is 56.3 Å². The predicted molar refractivity (Wildman–Crippen MR) is 133 cm³/mol. The Morgan fingerprint density at radius 2 is 1.76 bits per heavy atom. The molecule has 0 radical (unpaired) electrons. The van der Waals surface area contributed by atoms with E-state index < -0.39 is 0 Å². The van der Waals surface area contributed by atoms with Crippen LogP contribution in [0.2, 0.25) is 0 Å². The Balaban J connectivity index is 1.36. The summed E-state index contributed by atoms with van der Waals surface area (Å²) in [6.07, 6.45) is 4.82. The molecule has 1 aliphatic carbocycles. The van der Waals surface area contributed by atoms with Gasteiger partial charge in [-0.25, -0.2) is 9.97 Å². The van der Waals surface area contributed by atoms with Crippen molar-refractivity contribution in [3.05, 3.63) is 54.0 Å². The summed E-state index contributed by atoms with van der Waals surface area (Å²) < 4.78 is 0. The van der Waals surface area contributed by atoms with Gasteiger partial charge in [0.25, 0.3) is 0 Å². The molecule has 1 saturated heterocycles. The van der Waals surface area contributed by atoms with Crippen molar-refractivity contribution in [3.8, 4) is 0 Å². The summed E-state index contributed by atoms with van der Waals surface area (Å²) >= 11 is 0. The fourth-order valence-corrected chi connectivity index (χ4v) is 5.37. The third kappa shape index (κ3) is 4.24. The number of rotatable bonds is 3. The number of Topliss-reactive ketones (excluding diaryl/α,β-unsaturated/α-hetero) is 1. The molecule has 8 nitrogen and oxygen atoms in total. The minimum atomic E-state index is -0.183. The number of carbonyl (C=O) groups excluding carboxylic acids is 2. The Hall–Kier alpha value is -3.42. The first-order valence-corrected chi connectivity index (χ1v) is 12.0. The van der Waals surface area contributed by atoms with Crippen LogP contribution in [-0.4, -0.2) is 65.3 Å². The number of aromatic nitrogens is 2. The lowest BCUT2D eigenvalue weighted by atomic mass is 9.74. The number of piperazine rings is 1. The molecule has 3 heterocycles. The monoisotopic (exact) mass is 460 g/mol. The first-order valence-electron chi connectivity index (χ1n) is 12.0. The second kappa shape index (κ2) is 8.74. The van der Waals surface area contributed by atoms with Crippen LogP contribution in [0, 0.1) is 5.41 Å². The number of allylic oxidation sites excluding steroid dienone is 1.